The topological polar surface area (TPSA) is 76.2 Å². The SMILES string of the molecule is Cc1ncsc1C1(C(N)C(=O)O)CC1. The molecule has 0 radical (unpaired) electrons. The quantitative estimate of drug-likeness (QED) is 0.780. The highest BCUT2D eigenvalue weighted by Crippen LogP contribution is 2.52. The number of carbonyl (C=O) groups is 1. The van der Waals surface area contributed by atoms with Crippen LogP contribution in [0.15, 0.2) is 5.51 Å². The van der Waals surface area contributed by atoms with Crippen molar-refractivity contribution in [3.63, 3.8) is 0 Å². The number of aryl methyl sites for hydroxylation is 1. The van der Waals surface area contributed by atoms with Gasteiger partial charge in [0.25, 0.3) is 0 Å². The van der Waals surface area contributed by atoms with Crippen LogP contribution in [0.3, 0.4) is 0 Å². The van der Waals surface area contributed by atoms with Gasteiger partial charge in [-0.15, -0.1) is 11.3 Å². The van der Waals surface area contributed by atoms with Crippen LogP contribution < -0.4 is 5.73 Å². The molecule has 4 nitrogen and oxygen atoms in total. The van der Waals surface area contributed by atoms with E-state index in [2.05, 4.69) is 4.98 Å². The van der Waals surface area contributed by atoms with E-state index in [0.29, 0.717) is 0 Å². The molecular formula is C9H12N2O2S. The molecule has 1 aliphatic rings. The molecule has 0 spiro atoms. The fourth-order valence-corrected chi connectivity index (χ4v) is 2.94. The van der Waals surface area contributed by atoms with Crippen molar-refractivity contribution >= 4 is 17.3 Å². The molecule has 0 amide bonds. The molecule has 2 rings (SSSR count). The van der Waals surface area contributed by atoms with Gasteiger partial charge < -0.3 is 10.8 Å². The first-order valence-electron chi connectivity index (χ1n) is 4.47. The summed E-state index contributed by atoms with van der Waals surface area (Å²) in [6, 6.07) is -0.790. The van der Waals surface area contributed by atoms with E-state index < -0.39 is 12.0 Å². The van der Waals surface area contributed by atoms with Crippen LogP contribution in [0, 0.1) is 6.92 Å². The van der Waals surface area contributed by atoms with Gasteiger partial charge in [0.15, 0.2) is 0 Å². The van der Waals surface area contributed by atoms with Gasteiger partial charge in [0.05, 0.1) is 11.2 Å². The minimum absolute atomic E-state index is 0.322. The Hall–Kier alpha value is -0.940. The standard InChI is InChI=1S/C9H12N2O2S/c1-5-7(14-4-11-5)9(2-3-9)6(10)8(12)13/h4,6H,2-3,10H2,1H3,(H,12,13). The number of rotatable bonds is 3. The lowest BCUT2D eigenvalue weighted by molar-refractivity contribution is -0.139. The Labute approximate surface area is 85.8 Å². The van der Waals surface area contributed by atoms with Crippen LogP contribution in [0.25, 0.3) is 0 Å². The summed E-state index contributed by atoms with van der Waals surface area (Å²) in [5.41, 5.74) is 8.04. The second kappa shape index (κ2) is 3.03. The average Bonchev–Trinajstić information content (AvgIpc) is 2.83. The molecule has 76 valence electrons. The van der Waals surface area contributed by atoms with Crippen LogP contribution in [-0.4, -0.2) is 22.1 Å². The summed E-state index contributed by atoms with van der Waals surface area (Å²) in [4.78, 5) is 16.0. The molecule has 0 bridgehead atoms. The van der Waals surface area contributed by atoms with Crippen molar-refractivity contribution in [1.29, 1.82) is 0 Å². The number of hydrogen-bond acceptors (Lipinski definition) is 4. The highest BCUT2D eigenvalue weighted by atomic mass is 32.1. The summed E-state index contributed by atoms with van der Waals surface area (Å²) in [5.74, 6) is -0.921. The second-order valence-corrected chi connectivity index (χ2v) is 4.59. The lowest BCUT2D eigenvalue weighted by Gasteiger charge is -2.18. The largest absolute Gasteiger partial charge is 0.480 e. The smallest absolute Gasteiger partial charge is 0.321 e. The number of carboxylic acids is 1. The van der Waals surface area contributed by atoms with Crippen molar-refractivity contribution in [2.24, 2.45) is 5.73 Å². The van der Waals surface area contributed by atoms with E-state index in [0.717, 1.165) is 23.4 Å². The molecule has 1 unspecified atom stereocenters. The fraction of sp³-hybridized carbons (Fsp3) is 0.556. The van der Waals surface area contributed by atoms with E-state index in [9.17, 15) is 4.79 Å². The van der Waals surface area contributed by atoms with Gasteiger partial charge in [0, 0.05) is 10.3 Å². The average molecular weight is 212 g/mol. The van der Waals surface area contributed by atoms with E-state index in [1.54, 1.807) is 5.51 Å². The molecule has 1 saturated carbocycles. The van der Waals surface area contributed by atoms with E-state index in [1.165, 1.54) is 11.3 Å². The summed E-state index contributed by atoms with van der Waals surface area (Å²) in [7, 11) is 0. The first-order valence-corrected chi connectivity index (χ1v) is 5.35. The molecule has 14 heavy (non-hydrogen) atoms. The van der Waals surface area contributed by atoms with Crippen LogP contribution in [0.1, 0.15) is 23.4 Å². The summed E-state index contributed by atoms with van der Waals surface area (Å²) < 4.78 is 0. The molecule has 1 aromatic heterocycles. The Morgan fingerprint density at radius 2 is 2.43 bits per heavy atom. The summed E-state index contributed by atoms with van der Waals surface area (Å²) in [5, 5.41) is 8.91. The molecule has 0 saturated heterocycles. The summed E-state index contributed by atoms with van der Waals surface area (Å²) >= 11 is 1.51. The first-order chi connectivity index (χ1) is 6.58. The molecule has 1 aliphatic carbocycles. The Kier molecular flexibility index (Phi) is 2.08. The van der Waals surface area contributed by atoms with Crippen LogP contribution in [0.5, 0.6) is 0 Å². The number of aliphatic carboxylic acids is 1. The van der Waals surface area contributed by atoms with E-state index >= 15 is 0 Å². The molecular weight excluding hydrogens is 200 g/mol. The van der Waals surface area contributed by atoms with Gasteiger partial charge in [-0.3, -0.25) is 4.79 Å². The van der Waals surface area contributed by atoms with Gasteiger partial charge in [0.2, 0.25) is 0 Å². The zero-order valence-corrected chi connectivity index (χ0v) is 8.67. The van der Waals surface area contributed by atoms with Gasteiger partial charge in [0.1, 0.15) is 6.04 Å². The maximum atomic E-state index is 10.9. The molecule has 0 aromatic carbocycles. The summed E-state index contributed by atoms with van der Waals surface area (Å²) in [6.45, 7) is 1.90. The number of nitrogens with two attached hydrogens (primary N) is 1. The van der Waals surface area contributed by atoms with Crippen LogP contribution in [0.2, 0.25) is 0 Å². The number of thiazole rings is 1. The van der Waals surface area contributed by atoms with Gasteiger partial charge in [-0.2, -0.15) is 0 Å². The zero-order chi connectivity index (χ0) is 10.3. The maximum Gasteiger partial charge on any atom is 0.321 e. The van der Waals surface area contributed by atoms with Crippen molar-refractivity contribution < 1.29 is 9.90 Å². The highest BCUT2D eigenvalue weighted by molar-refractivity contribution is 7.10. The highest BCUT2D eigenvalue weighted by Gasteiger charge is 2.54. The zero-order valence-electron chi connectivity index (χ0n) is 7.86. The van der Waals surface area contributed by atoms with Crippen molar-refractivity contribution in [2.75, 3.05) is 0 Å². The molecule has 1 fully saturated rings. The van der Waals surface area contributed by atoms with Crippen molar-refractivity contribution in [3.8, 4) is 0 Å². The van der Waals surface area contributed by atoms with Gasteiger partial charge in [-0.1, -0.05) is 0 Å². The molecule has 0 aliphatic heterocycles. The Bertz CT molecular complexity index is 371. The minimum atomic E-state index is -0.921. The van der Waals surface area contributed by atoms with Gasteiger partial charge in [-0.25, -0.2) is 4.98 Å². The predicted octanol–water partition coefficient (Wildman–Crippen LogP) is 0.895. The fourth-order valence-electron chi connectivity index (χ4n) is 1.83. The van der Waals surface area contributed by atoms with Crippen molar-refractivity contribution in [2.45, 2.75) is 31.2 Å². The minimum Gasteiger partial charge on any atom is -0.480 e. The maximum absolute atomic E-state index is 10.9. The Balaban J connectivity index is 2.34. The third-order valence-corrected chi connectivity index (χ3v) is 4.00. The van der Waals surface area contributed by atoms with E-state index in [4.69, 9.17) is 10.8 Å². The normalized spacial score (nSPS) is 20.4. The van der Waals surface area contributed by atoms with E-state index in [1.807, 2.05) is 6.92 Å². The van der Waals surface area contributed by atoms with Crippen LogP contribution in [-0.2, 0) is 10.2 Å². The molecule has 5 heteroatoms. The van der Waals surface area contributed by atoms with Crippen LogP contribution in [0.4, 0.5) is 0 Å². The monoisotopic (exact) mass is 212 g/mol. The lowest BCUT2D eigenvalue weighted by Crippen LogP contribution is -2.41. The summed E-state index contributed by atoms with van der Waals surface area (Å²) in [6.07, 6.45) is 1.73. The Morgan fingerprint density at radius 1 is 1.79 bits per heavy atom. The third-order valence-electron chi connectivity index (χ3n) is 2.85. The van der Waals surface area contributed by atoms with Crippen LogP contribution >= 0.6 is 11.3 Å². The first kappa shape index (κ1) is 9.61. The number of nitrogens with zero attached hydrogens (tertiary/aromatic N) is 1. The number of hydrogen-bond donors (Lipinski definition) is 2. The van der Waals surface area contributed by atoms with E-state index in [-0.39, 0.29) is 5.41 Å². The number of carboxylic acid groups (broad SMARTS) is 1. The third kappa shape index (κ3) is 1.24. The van der Waals surface area contributed by atoms with Gasteiger partial charge in [-0.05, 0) is 19.8 Å². The Morgan fingerprint density at radius 3 is 2.79 bits per heavy atom. The van der Waals surface area contributed by atoms with Crippen molar-refractivity contribution in [3.05, 3.63) is 16.1 Å². The van der Waals surface area contributed by atoms with Crippen molar-refractivity contribution in [1.82, 2.24) is 4.98 Å². The molecule has 3 N–H and O–H groups in total. The molecule has 1 atom stereocenters. The lowest BCUT2D eigenvalue weighted by atomic mass is 9.94. The predicted molar refractivity (Wildman–Crippen MR) is 53.4 cm³/mol. The number of aromatic nitrogens is 1. The second-order valence-electron chi connectivity index (χ2n) is 3.74. The molecule has 1 aromatic rings. The molecule has 1 heterocycles. The van der Waals surface area contributed by atoms with Gasteiger partial charge >= 0.3 is 5.97 Å².